The monoisotopic (exact) mass is 244 g/mol. The van der Waals surface area contributed by atoms with Crippen molar-refractivity contribution < 1.29 is 19.8 Å². The second-order valence-electron chi connectivity index (χ2n) is 4.66. The van der Waals surface area contributed by atoms with Gasteiger partial charge in [-0.2, -0.15) is 0 Å². The van der Waals surface area contributed by atoms with Gasteiger partial charge in [-0.15, -0.1) is 0 Å². The van der Waals surface area contributed by atoms with Crippen LogP contribution in [0.4, 0.5) is 0 Å². The molecule has 3 atom stereocenters. The number of nitrogens with two attached hydrogens (primary N) is 1. The average Bonchev–Trinajstić information content (AvgIpc) is 2.28. The number of hydrogen-bond donors (Lipinski definition) is 3. The fourth-order valence-electron chi connectivity index (χ4n) is 1.97. The SMILES string of the molecule is CC1CN(C(=O)C(N)CCC(=O)O)CCC1O. The van der Waals surface area contributed by atoms with Crippen LogP contribution in [0.25, 0.3) is 0 Å². The van der Waals surface area contributed by atoms with Crippen LogP contribution in [0.5, 0.6) is 0 Å². The number of aliphatic hydroxyl groups is 1. The lowest BCUT2D eigenvalue weighted by Crippen LogP contribution is -2.50. The molecule has 1 rings (SSSR count). The molecular formula is C11H20N2O4. The summed E-state index contributed by atoms with van der Waals surface area (Å²) in [6.45, 7) is 2.86. The molecule has 0 spiro atoms. The van der Waals surface area contributed by atoms with Gasteiger partial charge < -0.3 is 20.8 Å². The second-order valence-corrected chi connectivity index (χ2v) is 4.66. The first-order chi connectivity index (χ1) is 7.91. The summed E-state index contributed by atoms with van der Waals surface area (Å²) < 4.78 is 0. The molecule has 0 aliphatic carbocycles. The molecule has 1 aliphatic heterocycles. The lowest BCUT2D eigenvalue weighted by molar-refractivity contribution is -0.138. The number of carbonyl (C=O) groups excluding carboxylic acids is 1. The van der Waals surface area contributed by atoms with E-state index in [4.69, 9.17) is 10.8 Å². The van der Waals surface area contributed by atoms with Crippen molar-refractivity contribution in [2.24, 2.45) is 11.7 Å². The van der Waals surface area contributed by atoms with Gasteiger partial charge in [0.05, 0.1) is 12.1 Å². The number of likely N-dealkylation sites (tertiary alicyclic amines) is 1. The smallest absolute Gasteiger partial charge is 0.303 e. The Morgan fingerprint density at radius 2 is 2.18 bits per heavy atom. The molecule has 0 radical (unpaired) electrons. The molecule has 98 valence electrons. The predicted molar refractivity (Wildman–Crippen MR) is 61.2 cm³/mol. The largest absolute Gasteiger partial charge is 0.481 e. The molecule has 1 fully saturated rings. The van der Waals surface area contributed by atoms with Gasteiger partial charge in [0.15, 0.2) is 0 Å². The Hall–Kier alpha value is -1.14. The highest BCUT2D eigenvalue weighted by molar-refractivity contribution is 5.82. The molecule has 0 aromatic heterocycles. The summed E-state index contributed by atoms with van der Waals surface area (Å²) in [4.78, 5) is 23.9. The minimum Gasteiger partial charge on any atom is -0.481 e. The van der Waals surface area contributed by atoms with E-state index in [0.29, 0.717) is 19.5 Å². The maximum absolute atomic E-state index is 11.9. The van der Waals surface area contributed by atoms with Crippen LogP contribution in [0.15, 0.2) is 0 Å². The van der Waals surface area contributed by atoms with E-state index in [9.17, 15) is 14.7 Å². The van der Waals surface area contributed by atoms with Crippen LogP contribution in [0, 0.1) is 5.92 Å². The van der Waals surface area contributed by atoms with Crippen molar-refractivity contribution in [2.45, 2.75) is 38.3 Å². The van der Waals surface area contributed by atoms with E-state index in [-0.39, 0.29) is 30.8 Å². The minimum absolute atomic E-state index is 0.0411. The number of amides is 1. The summed E-state index contributed by atoms with van der Waals surface area (Å²) >= 11 is 0. The van der Waals surface area contributed by atoms with Gasteiger partial charge in [-0.25, -0.2) is 0 Å². The van der Waals surface area contributed by atoms with Crippen molar-refractivity contribution in [1.29, 1.82) is 0 Å². The van der Waals surface area contributed by atoms with Crippen LogP contribution in [-0.2, 0) is 9.59 Å². The number of piperidine rings is 1. The number of carbonyl (C=O) groups is 2. The number of rotatable bonds is 4. The van der Waals surface area contributed by atoms with Crippen molar-refractivity contribution >= 4 is 11.9 Å². The molecule has 0 aromatic rings. The van der Waals surface area contributed by atoms with E-state index in [1.165, 1.54) is 0 Å². The zero-order valence-electron chi connectivity index (χ0n) is 10.0. The summed E-state index contributed by atoms with van der Waals surface area (Å²) in [6, 6.07) is -0.756. The fourth-order valence-corrected chi connectivity index (χ4v) is 1.97. The number of aliphatic hydroxyl groups excluding tert-OH is 1. The van der Waals surface area contributed by atoms with E-state index in [0.717, 1.165) is 0 Å². The average molecular weight is 244 g/mol. The third-order valence-corrected chi connectivity index (χ3v) is 3.16. The van der Waals surface area contributed by atoms with E-state index in [1.807, 2.05) is 6.92 Å². The molecule has 17 heavy (non-hydrogen) atoms. The van der Waals surface area contributed by atoms with Crippen LogP contribution >= 0.6 is 0 Å². The quantitative estimate of drug-likeness (QED) is 0.613. The molecule has 1 saturated heterocycles. The Morgan fingerprint density at radius 1 is 1.53 bits per heavy atom. The van der Waals surface area contributed by atoms with Gasteiger partial charge in [-0.05, 0) is 18.8 Å². The van der Waals surface area contributed by atoms with Gasteiger partial charge in [0, 0.05) is 19.5 Å². The normalized spacial score (nSPS) is 26.6. The number of nitrogens with zero attached hydrogens (tertiary/aromatic N) is 1. The molecule has 0 saturated carbocycles. The van der Waals surface area contributed by atoms with Crippen molar-refractivity contribution in [3.63, 3.8) is 0 Å². The lowest BCUT2D eigenvalue weighted by atomic mass is 9.96. The van der Waals surface area contributed by atoms with Crippen LogP contribution < -0.4 is 5.73 Å². The van der Waals surface area contributed by atoms with E-state index in [2.05, 4.69) is 0 Å². The highest BCUT2D eigenvalue weighted by atomic mass is 16.4. The number of hydrogen-bond acceptors (Lipinski definition) is 4. The zero-order chi connectivity index (χ0) is 13.0. The van der Waals surface area contributed by atoms with Crippen LogP contribution in [0.1, 0.15) is 26.2 Å². The maximum atomic E-state index is 11.9. The Bertz CT molecular complexity index is 295. The highest BCUT2D eigenvalue weighted by Gasteiger charge is 2.29. The van der Waals surface area contributed by atoms with E-state index in [1.54, 1.807) is 4.90 Å². The fraction of sp³-hybridized carbons (Fsp3) is 0.818. The highest BCUT2D eigenvalue weighted by Crippen LogP contribution is 2.17. The topological polar surface area (TPSA) is 104 Å². The van der Waals surface area contributed by atoms with Gasteiger partial charge in [-0.3, -0.25) is 9.59 Å². The molecule has 6 nitrogen and oxygen atoms in total. The first-order valence-electron chi connectivity index (χ1n) is 5.86. The molecule has 0 bridgehead atoms. The molecule has 1 amide bonds. The van der Waals surface area contributed by atoms with Crippen LogP contribution in [0.2, 0.25) is 0 Å². The van der Waals surface area contributed by atoms with Crippen molar-refractivity contribution in [3.05, 3.63) is 0 Å². The third kappa shape index (κ3) is 3.98. The number of carboxylic acids is 1. The Balaban J connectivity index is 2.44. The standard InChI is InChI=1S/C11H20N2O4/c1-7-6-13(5-4-9(7)14)11(17)8(12)2-3-10(15)16/h7-9,14H,2-6,12H2,1H3,(H,15,16). The molecule has 1 aliphatic rings. The zero-order valence-corrected chi connectivity index (χ0v) is 10.0. The van der Waals surface area contributed by atoms with Crippen molar-refractivity contribution in [1.82, 2.24) is 4.90 Å². The Kier molecular flexibility index (Phi) is 4.89. The van der Waals surface area contributed by atoms with E-state index < -0.39 is 12.0 Å². The molecule has 6 heteroatoms. The lowest BCUT2D eigenvalue weighted by Gasteiger charge is -2.35. The number of carboxylic acid groups (broad SMARTS) is 1. The summed E-state index contributed by atoms with van der Waals surface area (Å²) in [5.41, 5.74) is 5.66. The molecular weight excluding hydrogens is 224 g/mol. The summed E-state index contributed by atoms with van der Waals surface area (Å²) in [5.74, 6) is -1.12. The molecule has 4 N–H and O–H groups in total. The first-order valence-corrected chi connectivity index (χ1v) is 5.86. The number of aliphatic carboxylic acids is 1. The molecule has 1 heterocycles. The summed E-state index contributed by atoms with van der Waals surface area (Å²) in [6.07, 6.45) is 0.244. The van der Waals surface area contributed by atoms with Crippen molar-refractivity contribution in [3.8, 4) is 0 Å². The predicted octanol–water partition coefficient (Wildman–Crippen LogP) is -0.592. The van der Waals surface area contributed by atoms with Crippen molar-refractivity contribution in [2.75, 3.05) is 13.1 Å². The Morgan fingerprint density at radius 3 is 2.71 bits per heavy atom. The molecule has 0 aromatic carbocycles. The van der Waals surface area contributed by atoms with E-state index >= 15 is 0 Å². The van der Waals surface area contributed by atoms with Gasteiger partial charge in [0.25, 0.3) is 0 Å². The second kappa shape index (κ2) is 5.97. The summed E-state index contributed by atoms with van der Waals surface area (Å²) in [5, 5.41) is 18.1. The van der Waals surface area contributed by atoms with Gasteiger partial charge in [0.2, 0.25) is 5.91 Å². The van der Waals surface area contributed by atoms with Crippen LogP contribution in [-0.4, -0.2) is 52.2 Å². The first kappa shape index (κ1) is 13.9. The van der Waals surface area contributed by atoms with Gasteiger partial charge in [-0.1, -0.05) is 6.92 Å². The molecule has 3 unspecified atom stereocenters. The Labute approximate surface area is 100 Å². The summed E-state index contributed by atoms with van der Waals surface area (Å²) in [7, 11) is 0. The minimum atomic E-state index is -0.948. The van der Waals surface area contributed by atoms with Gasteiger partial charge in [0.1, 0.15) is 0 Å². The third-order valence-electron chi connectivity index (χ3n) is 3.16. The maximum Gasteiger partial charge on any atom is 0.303 e. The van der Waals surface area contributed by atoms with Gasteiger partial charge >= 0.3 is 5.97 Å². The van der Waals surface area contributed by atoms with Crippen LogP contribution in [0.3, 0.4) is 0 Å².